The number of thiophene rings is 1. The fraction of sp³-hybridized carbons (Fsp3) is 0.600. The molecule has 3 rings (SSSR count). The molecule has 26 heavy (non-hydrogen) atoms. The average Bonchev–Trinajstić information content (AvgIpc) is 3.00. The van der Waals surface area contributed by atoms with Crippen LogP contribution in [0.3, 0.4) is 0 Å². The molecule has 0 aromatic carbocycles. The van der Waals surface area contributed by atoms with Gasteiger partial charge in [0.25, 0.3) is 0 Å². The summed E-state index contributed by atoms with van der Waals surface area (Å²) in [6.07, 6.45) is 8.11. The molecule has 0 radical (unpaired) electrons. The Labute approximate surface area is 160 Å². The molecule has 1 aliphatic heterocycles. The number of carbonyl (C=O) groups excluding carboxylic acids is 1. The largest absolute Gasteiger partial charge is 0.387 e. The molecule has 1 aromatic heterocycles. The first-order valence-electron chi connectivity index (χ1n) is 9.71. The molecule has 5 nitrogen and oxygen atoms in total. The SMILES string of the molecule is CCCN(C[C@H]1CC[C@@H](CN)CC1)C(=O)C1=Cc2sccc2N=C(N)C1. The van der Waals surface area contributed by atoms with Crippen molar-refractivity contribution >= 4 is 34.8 Å². The Hall–Kier alpha value is -1.66. The van der Waals surface area contributed by atoms with Crippen LogP contribution in [-0.4, -0.2) is 36.3 Å². The van der Waals surface area contributed by atoms with E-state index in [4.69, 9.17) is 11.5 Å². The van der Waals surface area contributed by atoms with Crippen molar-refractivity contribution < 1.29 is 4.79 Å². The summed E-state index contributed by atoms with van der Waals surface area (Å²) in [7, 11) is 0. The summed E-state index contributed by atoms with van der Waals surface area (Å²) in [4.78, 5) is 20.7. The number of rotatable bonds is 6. The number of hydrogen-bond donors (Lipinski definition) is 2. The van der Waals surface area contributed by atoms with E-state index in [1.807, 2.05) is 22.4 Å². The molecule has 0 atom stereocenters. The van der Waals surface area contributed by atoms with Gasteiger partial charge in [-0.05, 0) is 68.0 Å². The van der Waals surface area contributed by atoms with Crippen LogP contribution in [0.15, 0.2) is 22.0 Å². The van der Waals surface area contributed by atoms with Gasteiger partial charge in [-0.2, -0.15) is 0 Å². The number of nitrogens with two attached hydrogens (primary N) is 2. The number of carbonyl (C=O) groups is 1. The Balaban J connectivity index is 1.72. The summed E-state index contributed by atoms with van der Waals surface area (Å²) in [6.45, 7) is 4.55. The molecule has 4 N–H and O–H groups in total. The molecule has 1 amide bonds. The van der Waals surface area contributed by atoms with Crippen LogP contribution in [0.1, 0.15) is 50.3 Å². The summed E-state index contributed by atoms with van der Waals surface area (Å²) < 4.78 is 0. The van der Waals surface area contributed by atoms with Gasteiger partial charge in [0.1, 0.15) is 5.84 Å². The first-order chi connectivity index (χ1) is 12.6. The van der Waals surface area contributed by atoms with Crippen LogP contribution in [0.25, 0.3) is 6.08 Å². The average molecular weight is 375 g/mol. The third-order valence-electron chi connectivity index (χ3n) is 5.45. The van der Waals surface area contributed by atoms with Gasteiger partial charge in [-0.15, -0.1) is 11.3 Å². The van der Waals surface area contributed by atoms with Gasteiger partial charge in [-0.3, -0.25) is 4.79 Å². The first kappa shape index (κ1) is 19.1. The fourth-order valence-electron chi connectivity index (χ4n) is 3.96. The second kappa shape index (κ2) is 8.82. The van der Waals surface area contributed by atoms with Gasteiger partial charge in [-0.1, -0.05) is 6.92 Å². The normalized spacial score (nSPS) is 22.8. The molecule has 0 bridgehead atoms. The van der Waals surface area contributed by atoms with Gasteiger partial charge in [0.15, 0.2) is 0 Å². The minimum Gasteiger partial charge on any atom is -0.387 e. The maximum atomic E-state index is 13.2. The molecule has 0 spiro atoms. The number of aliphatic imine (C=N–C) groups is 1. The highest BCUT2D eigenvalue weighted by atomic mass is 32.1. The van der Waals surface area contributed by atoms with Crippen LogP contribution in [0, 0.1) is 11.8 Å². The highest BCUT2D eigenvalue weighted by molar-refractivity contribution is 7.11. The standard InChI is InChI=1S/C20H30N4OS/c1-2-8-24(13-15-5-3-14(12-21)4-6-15)20(25)16-10-18-17(7-9-26-18)23-19(22)11-16/h7,9-10,14-15H,2-6,8,11-13,21H2,1H3,(H2,22,23)/t14-,15+. The monoisotopic (exact) mass is 374 g/mol. The zero-order chi connectivity index (χ0) is 18.5. The van der Waals surface area contributed by atoms with Gasteiger partial charge in [0.05, 0.1) is 10.6 Å². The quantitative estimate of drug-likeness (QED) is 0.799. The zero-order valence-corrected chi connectivity index (χ0v) is 16.4. The Morgan fingerprint density at radius 1 is 1.31 bits per heavy atom. The Morgan fingerprint density at radius 2 is 2.04 bits per heavy atom. The van der Waals surface area contributed by atoms with Crippen LogP contribution in [0.4, 0.5) is 5.69 Å². The lowest BCUT2D eigenvalue weighted by Crippen LogP contribution is -2.38. The van der Waals surface area contributed by atoms with Crippen LogP contribution >= 0.6 is 11.3 Å². The maximum Gasteiger partial charge on any atom is 0.250 e. The number of amides is 1. The molecule has 6 heteroatoms. The van der Waals surface area contributed by atoms with Crippen molar-refractivity contribution in [3.8, 4) is 0 Å². The lowest BCUT2D eigenvalue weighted by Gasteiger charge is -2.32. The smallest absolute Gasteiger partial charge is 0.250 e. The third-order valence-corrected chi connectivity index (χ3v) is 6.30. The van der Waals surface area contributed by atoms with Crippen LogP contribution < -0.4 is 11.5 Å². The summed E-state index contributed by atoms with van der Waals surface area (Å²) in [5, 5.41) is 1.99. The van der Waals surface area contributed by atoms with E-state index < -0.39 is 0 Å². The van der Waals surface area contributed by atoms with Crippen LogP contribution in [0.5, 0.6) is 0 Å². The third kappa shape index (κ3) is 4.54. The Kier molecular flexibility index (Phi) is 6.48. The van der Waals surface area contributed by atoms with Crippen molar-refractivity contribution in [3.05, 3.63) is 21.9 Å². The minimum absolute atomic E-state index is 0.118. The summed E-state index contributed by atoms with van der Waals surface area (Å²) in [5.41, 5.74) is 13.5. The summed E-state index contributed by atoms with van der Waals surface area (Å²) in [6, 6.07) is 1.95. The fourth-order valence-corrected chi connectivity index (χ4v) is 4.75. The topological polar surface area (TPSA) is 84.7 Å². The number of fused-ring (bicyclic) bond motifs is 1. The second-order valence-corrected chi connectivity index (χ2v) is 8.44. The van der Waals surface area contributed by atoms with E-state index in [0.717, 1.165) is 42.2 Å². The molecule has 0 unspecified atom stereocenters. The van der Waals surface area contributed by atoms with Crippen molar-refractivity contribution in [2.75, 3.05) is 19.6 Å². The van der Waals surface area contributed by atoms with E-state index in [1.54, 1.807) is 11.3 Å². The van der Waals surface area contributed by atoms with Crippen molar-refractivity contribution in [3.63, 3.8) is 0 Å². The summed E-state index contributed by atoms with van der Waals surface area (Å²) in [5.74, 6) is 1.89. The van der Waals surface area contributed by atoms with Gasteiger partial charge in [0.2, 0.25) is 5.91 Å². The van der Waals surface area contributed by atoms with Gasteiger partial charge >= 0.3 is 0 Å². The number of amidine groups is 1. The van der Waals surface area contributed by atoms with Crippen molar-refractivity contribution in [2.45, 2.75) is 45.4 Å². The van der Waals surface area contributed by atoms with E-state index in [0.29, 0.717) is 24.1 Å². The van der Waals surface area contributed by atoms with E-state index >= 15 is 0 Å². The second-order valence-electron chi connectivity index (χ2n) is 7.49. The predicted molar refractivity (Wildman–Crippen MR) is 110 cm³/mol. The zero-order valence-electron chi connectivity index (χ0n) is 15.6. The molecule has 1 aromatic rings. The lowest BCUT2D eigenvalue weighted by molar-refractivity contribution is -0.128. The van der Waals surface area contributed by atoms with Gasteiger partial charge in [0, 0.05) is 25.1 Å². The Bertz CT molecular complexity index is 686. The highest BCUT2D eigenvalue weighted by Gasteiger charge is 2.26. The molecule has 0 saturated heterocycles. The van der Waals surface area contributed by atoms with E-state index in [9.17, 15) is 4.79 Å². The van der Waals surface area contributed by atoms with Crippen molar-refractivity contribution in [1.29, 1.82) is 0 Å². The van der Waals surface area contributed by atoms with E-state index in [1.165, 1.54) is 25.7 Å². The number of nitrogens with zero attached hydrogens (tertiary/aromatic N) is 2. The summed E-state index contributed by atoms with van der Waals surface area (Å²) >= 11 is 1.60. The van der Waals surface area contributed by atoms with E-state index in [2.05, 4.69) is 11.9 Å². The predicted octanol–water partition coefficient (Wildman–Crippen LogP) is 3.53. The minimum atomic E-state index is 0.118. The lowest BCUT2D eigenvalue weighted by atomic mass is 9.82. The van der Waals surface area contributed by atoms with Gasteiger partial charge < -0.3 is 16.4 Å². The molecular formula is C20H30N4OS. The molecule has 2 aliphatic rings. The van der Waals surface area contributed by atoms with Crippen molar-refractivity contribution in [1.82, 2.24) is 4.90 Å². The first-order valence-corrected chi connectivity index (χ1v) is 10.6. The van der Waals surface area contributed by atoms with Gasteiger partial charge in [-0.25, -0.2) is 4.99 Å². The Morgan fingerprint density at radius 3 is 2.73 bits per heavy atom. The molecule has 2 heterocycles. The molecule has 142 valence electrons. The number of hydrogen-bond acceptors (Lipinski definition) is 5. The molecule has 1 saturated carbocycles. The van der Waals surface area contributed by atoms with Crippen LogP contribution in [-0.2, 0) is 4.79 Å². The van der Waals surface area contributed by atoms with Crippen molar-refractivity contribution in [2.24, 2.45) is 28.3 Å². The van der Waals surface area contributed by atoms with Crippen LogP contribution in [0.2, 0.25) is 0 Å². The maximum absolute atomic E-state index is 13.2. The molecule has 1 fully saturated rings. The molecular weight excluding hydrogens is 344 g/mol. The highest BCUT2D eigenvalue weighted by Crippen LogP contribution is 2.32. The molecule has 1 aliphatic carbocycles. The van der Waals surface area contributed by atoms with E-state index in [-0.39, 0.29) is 5.91 Å².